The van der Waals surface area contributed by atoms with E-state index in [2.05, 4.69) is 10.3 Å². The molecule has 1 aromatic carbocycles. The number of amides is 1. The summed E-state index contributed by atoms with van der Waals surface area (Å²) in [6.07, 6.45) is 3.13. The molecule has 19 heavy (non-hydrogen) atoms. The van der Waals surface area contributed by atoms with Crippen molar-refractivity contribution >= 4 is 11.6 Å². The second-order valence-electron chi connectivity index (χ2n) is 3.66. The maximum atomic E-state index is 11.9. The average molecular weight is 253 g/mol. The Morgan fingerprint density at radius 1 is 1.21 bits per heavy atom. The third-order valence-electron chi connectivity index (χ3n) is 2.36. The maximum absolute atomic E-state index is 11.9. The molecule has 0 saturated heterocycles. The molecule has 0 aliphatic carbocycles. The van der Waals surface area contributed by atoms with Crippen molar-refractivity contribution in [3.05, 3.63) is 54.4 Å². The Hall–Kier alpha value is -2.87. The molecular formula is C14H11N3O2. The van der Waals surface area contributed by atoms with E-state index >= 15 is 0 Å². The Bertz CT molecular complexity index is 588. The van der Waals surface area contributed by atoms with Gasteiger partial charge in [-0.25, -0.2) is 0 Å². The molecule has 0 radical (unpaired) electrons. The minimum Gasteiger partial charge on any atom is -0.479 e. The number of pyridine rings is 1. The molecule has 0 bridgehead atoms. The minimum absolute atomic E-state index is 0.00270. The van der Waals surface area contributed by atoms with Gasteiger partial charge in [0.2, 0.25) is 0 Å². The number of rotatable bonds is 4. The summed E-state index contributed by atoms with van der Waals surface area (Å²) in [6, 6.07) is 12.0. The molecule has 5 nitrogen and oxygen atoms in total. The molecule has 1 heterocycles. The van der Waals surface area contributed by atoms with Crippen LogP contribution >= 0.6 is 0 Å². The monoisotopic (exact) mass is 253 g/mol. The molecule has 1 N–H and O–H groups in total. The average Bonchev–Trinajstić information content (AvgIpc) is 2.47. The molecule has 0 saturated carbocycles. The summed E-state index contributed by atoms with van der Waals surface area (Å²) in [6.45, 7) is 0.00270. The van der Waals surface area contributed by atoms with E-state index in [1.165, 1.54) is 0 Å². The van der Waals surface area contributed by atoms with Gasteiger partial charge >= 0.3 is 0 Å². The summed E-state index contributed by atoms with van der Waals surface area (Å²) >= 11 is 0. The summed E-state index contributed by atoms with van der Waals surface area (Å²) in [5.74, 6) is 0.386. The Kier molecular flexibility index (Phi) is 4.09. The number of nitrogens with one attached hydrogen (secondary N) is 1. The van der Waals surface area contributed by atoms with Crippen LogP contribution in [0.15, 0.2) is 48.8 Å². The van der Waals surface area contributed by atoms with Gasteiger partial charge in [-0.15, -0.1) is 0 Å². The standard InChI is InChI=1S/C14H11N3O2/c15-7-10-19-13-3-1-12(2-4-13)17-14(18)11-5-8-16-9-6-11/h1-6,8-9H,10H2,(H,17,18). The first-order valence-electron chi connectivity index (χ1n) is 5.61. The highest BCUT2D eigenvalue weighted by Crippen LogP contribution is 2.16. The molecule has 1 aromatic heterocycles. The van der Waals surface area contributed by atoms with Gasteiger partial charge in [0, 0.05) is 23.6 Å². The van der Waals surface area contributed by atoms with Crippen LogP contribution in [0.2, 0.25) is 0 Å². The Balaban J connectivity index is 2.00. The predicted molar refractivity (Wildman–Crippen MR) is 69.7 cm³/mol. The number of hydrogen-bond donors (Lipinski definition) is 1. The largest absolute Gasteiger partial charge is 0.479 e. The summed E-state index contributed by atoms with van der Waals surface area (Å²) in [4.78, 5) is 15.7. The second kappa shape index (κ2) is 6.17. The third-order valence-corrected chi connectivity index (χ3v) is 2.36. The number of carbonyl (C=O) groups excluding carboxylic acids is 1. The van der Waals surface area contributed by atoms with Crippen molar-refractivity contribution in [2.75, 3.05) is 11.9 Å². The predicted octanol–water partition coefficient (Wildman–Crippen LogP) is 2.24. The van der Waals surface area contributed by atoms with Gasteiger partial charge in [0.25, 0.3) is 5.91 Å². The Morgan fingerprint density at radius 2 is 1.89 bits per heavy atom. The molecule has 2 aromatic rings. The van der Waals surface area contributed by atoms with Crippen molar-refractivity contribution in [2.24, 2.45) is 0 Å². The lowest BCUT2D eigenvalue weighted by Crippen LogP contribution is -2.11. The number of aromatic nitrogens is 1. The number of carbonyl (C=O) groups is 1. The van der Waals surface area contributed by atoms with Gasteiger partial charge in [-0.2, -0.15) is 5.26 Å². The molecule has 0 aliphatic rings. The molecule has 0 unspecified atom stereocenters. The van der Waals surface area contributed by atoms with Gasteiger partial charge in [0.1, 0.15) is 11.8 Å². The topological polar surface area (TPSA) is 75.0 Å². The fourth-order valence-corrected chi connectivity index (χ4v) is 1.46. The van der Waals surface area contributed by atoms with Crippen LogP contribution in [0.3, 0.4) is 0 Å². The first-order chi connectivity index (χ1) is 9.29. The van der Waals surface area contributed by atoms with Crippen molar-refractivity contribution in [3.8, 4) is 11.8 Å². The summed E-state index contributed by atoms with van der Waals surface area (Å²) in [5.41, 5.74) is 1.20. The van der Waals surface area contributed by atoms with E-state index in [9.17, 15) is 4.79 Å². The SMILES string of the molecule is N#CCOc1ccc(NC(=O)c2ccncc2)cc1. The zero-order valence-corrected chi connectivity index (χ0v) is 10.0. The highest BCUT2D eigenvalue weighted by Gasteiger charge is 2.05. The van der Waals surface area contributed by atoms with Gasteiger partial charge in [0.05, 0.1) is 0 Å². The molecule has 0 atom stereocenters. The first-order valence-corrected chi connectivity index (χ1v) is 5.61. The van der Waals surface area contributed by atoms with Gasteiger partial charge in [-0.1, -0.05) is 0 Å². The van der Waals surface area contributed by atoms with Crippen LogP contribution in [-0.4, -0.2) is 17.5 Å². The van der Waals surface area contributed by atoms with Gasteiger partial charge in [-0.05, 0) is 36.4 Å². The van der Waals surface area contributed by atoms with Gasteiger partial charge in [0.15, 0.2) is 6.61 Å². The van der Waals surface area contributed by atoms with Crippen LogP contribution in [0.4, 0.5) is 5.69 Å². The van der Waals surface area contributed by atoms with E-state index in [1.54, 1.807) is 48.8 Å². The van der Waals surface area contributed by atoms with Crippen LogP contribution in [0.5, 0.6) is 5.75 Å². The maximum Gasteiger partial charge on any atom is 0.255 e. The van der Waals surface area contributed by atoms with Crippen LogP contribution in [0.1, 0.15) is 10.4 Å². The normalized spacial score (nSPS) is 9.42. The zero-order chi connectivity index (χ0) is 13.5. The number of ether oxygens (including phenoxy) is 1. The molecule has 0 spiro atoms. The van der Waals surface area contributed by atoms with E-state index in [1.807, 2.05) is 6.07 Å². The number of nitrogens with zero attached hydrogens (tertiary/aromatic N) is 2. The highest BCUT2D eigenvalue weighted by molar-refractivity contribution is 6.04. The molecule has 0 aliphatic heterocycles. The van der Waals surface area contributed by atoms with Gasteiger partial charge < -0.3 is 10.1 Å². The van der Waals surface area contributed by atoms with Crippen molar-refractivity contribution in [1.82, 2.24) is 4.98 Å². The molecule has 1 amide bonds. The van der Waals surface area contributed by atoms with Crippen LogP contribution < -0.4 is 10.1 Å². The second-order valence-corrected chi connectivity index (χ2v) is 3.66. The fraction of sp³-hybridized carbons (Fsp3) is 0.0714. The van der Waals surface area contributed by atoms with E-state index in [-0.39, 0.29) is 12.5 Å². The van der Waals surface area contributed by atoms with Crippen molar-refractivity contribution < 1.29 is 9.53 Å². The van der Waals surface area contributed by atoms with Gasteiger partial charge in [-0.3, -0.25) is 9.78 Å². The highest BCUT2D eigenvalue weighted by atomic mass is 16.5. The number of benzene rings is 1. The smallest absolute Gasteiger partial charge is 0.255 e. The Labute approximate surface area is 110 Å². The molecular weight excluding hydrogens is 242 g/mol. The molecule has 0 fully saturated rings. The number of hydrogen-bond acceptors (Lipinski definition) is 4. The summed E-state index contributed by atoms with van der Waals surface area (Å²) in [5, 5.41) is 11.1. The van der Waals surface area contributed by atoms with E-state index in [0.29, 0.717) is 17.0 Å². The summed E-state index contributed by atoms with van der Waals surface area (Å²) in [7, 11) is 0. The number of nitriles is 1. The zero-order valence-electron chi connectivity index (χ0n) is 10.0. The molecule has 94 valence electrons. The van der Waals surface area contributed by atoms with E-state index in [0.717, 1.165) is 0 Å². The molecule has 2 rings (SSSR count). The first kappa shape index (κ1) is 12.6. The summed E-state index contributed by atoms with van der Waals surface area (Å²) < 4.78 is 5.12. The van der Waals surface area contributed by atoms with Crippen LogP contribution in [0, 0.1) is 11.3 Å². The lowest BCUT2D eigenvalue weighted by molar-refractivity contribution is 0.102. The minimum atomic E-state index is -0.201. The van der Waals surface area contributed by atoms with Crippen molar-refractivity contribution in [2.45, 2.75) is 0 Å². The third kappa shape index (κ3) is 3.54. The van der Waals surface area contributed by atoms with E-state index in [4.69, 9.17) is 10.00 Å². The van der Waals surface area contributed by atoms with E-state index < -0.39 is 0 Å². The van der Waals surface area contributed by atoms with Crippen molar-refractivity contribution in [3.63, 3.8) is 0 Å². The van der Waals surface area contributed by atoms with Crippen LogP contribution in [0.25, 0.3) is 0 Å². The lowest BCUT2D eigenvalue weighted by Gasteiger charge is -2.06. The Morgan fingerprint density at radius 3 is 2.53 bits per heavy atom. The fourth-order valence-electron chi connectivity index (χ4n) is 1.46. The number of anilines is 1. The quantitative estimate of drug-likeness (QED) is 0.906. The molecule has 5 heteroatoms. The lowest BCUT2D eigenvalue weighted by atomic mass is 10.2. The van der Waals surface area contributed by atoms with Crippen molar-refractivity contribution in [1.29, 1.82) is 5.26 Å². The van der Waals surface area contributed by atoms with Crippen LogP contribution in [-0.2, 0) is 0 Å².